The zero-order chi connectivity index (χ0) is 15.8. The Morgan fingerprint density at radius 1 is 0.955 bits per heavy atom. The van der Waals surface area contributed by atoms with Gasteiger partial charge in [-0.1, -0.05) is 24.3 Å². The normalized spacial score (nSPS) is 10.5. The number of rotatable bonds is 6. The number of carbonyl (C=O) groups is 1. The van der Waals surface area contributed by atoms with Crippen LogP contribution in [-0.4, -0.2) is 20.2 Å². The van der Waals surface area contributed by atoms with Gasteiger partial charge < -0.3 is 14.2 Å². The van der Waals surface area contributed by atoms with E-state index in [0.29, 0.717) is 6.61 Å². The lowest BCUT2D eigenvalue weighted by atomic mass is 10.2. The van der Waals surface area contributed by atoms with Crippen LogP contribution < -0.4 is 9.47 Å². The highest BCUT2D eigenvalue weighted by Crippen LogP contribution is 2.16. The van der Waals surface area contributed by atoms with Crippen LogP contribution in [0.4, 0.5) is 0 Å². The van der Waals surface area contributed by atoms with Crippen molar-refractivity contribution >= 4 is 12.0 Å². The van der Waals surface area contributed by atoms with Gasteiger partial charge in [-0.25, -0.2) is 4.79 Å². The van der Waals surface area contributed by atoms with Crippen LogP contribution in [0.3, 0.4) is 0 Å². The van der Waals surface area contributed by atoms with E-state index in [-0.39, 0.29) is 5.97 Å². The van der Waals surface area contributed by atoms with E-state index < -0.39 is 0 Å². The van der Waals surface area contributed by atoms with E-state index in [0.717, 1.165) is 22.6 Å². The fraction of sp³-hybridized carbons (Fsp3) is 0.167. The molecule has 0 fully saturated rings. The summed E-state index contributed by atoms with van der Waals surface area (Å²) in [7, 11) is 2.99. The Kier molecular flexibility index (Phi) is 5.60. The lowest BCUT2D eigenvalue weighted by Crippen LogP contribution is -1.95. The number of methoxy groups -OCH3 is 2. The zero-order valence-corrected chi connectivity index (χ0v) is 12.6. The molecule has 0 radical (unpaired) electrons. The van der Waals surface area contributed by atoms with Crippen molar-refractivity contribution in [1.82, 2.24) is 0 Å². The highest BCUT2D eigenvalue weighted by molar-refractivity contribution is 5.86. The Morgan fingerprint density at radius 3 is 2.18 bits per heavy atom. The molecule has 0 saturated heterocycles. The van der Waals surface area contributed by atoms with E-state index >= 15 is 0 Å². The summed E-state index contributed by atoms with van der Waals surface area (Å²) in [6.45, 7) is 0.487. The summed E-state index contributed by atoms with van der Waals surface area (Å²) < 4.78 is 15.4. The largest absolute Gasteiger partial charge is 0.497 e. The topological polar surface area (TPSA) is 44.8 Å². The van der Waals surface area contributed by atoms with Crippen molar-refractivity contribution in [2.75, 3.05) is 14.2 Å². The average Bonchev–Trinajstić information content (AvgIpc) is 2.59. The fourth-order valence-corrected chi connectivity index (χ4v) is 1.80. The predicted octanol–water partition coefficient (Wildman–Crippen LogP) is 3.46. The Morgan fingerprint density at radius 2 is 1.59 bits per heavy atom. The van der Waals surface area contributed by atoms with Crippen molar-refractivity contribution in [3.8, 4) is 11.5 Å². The second-order valence-corrected chi connectivity index (χ2v) is 4.56. The maximum Gasteiger partial charge on any atom is 0.330 e. The molecule has 0 aliphatic carbocycles. The van der Waals surface area contributed by atoms with Crippen molar-refractivity contribution in [3.05, 3.63) is 65.7 Å². The number of hydrogen-bond acceptors (Lipinski definition) is 4. The first kappa shape index (κ1) is 15.6. The second-order valence-electron chi connectivity index (χ2n) is 4.56. The third-order valence-corrected chi connectivity index (χ3v) is 3.06. The van der Waals surface area contributed by atoms with Gasteiger partial charge in [0.15, 0.2) is 0 Å². The van der Waals surface area contributed by atoms with Crippen molar-refractivity contribution in [1.29, 1.82) is 0 Å². The Balaban J connectivity index is 1.90. The zero-order valence-electron chi connectivity index (χ0n) is 12.6. The van der Waals surface area contributed by atoms with Gasteiger partial charge in [0.05, 0.1) is 14.2 Å². The first-order valence-electron chi connectivity index (χ1n) is 6.83. The van der Waals surface area contributed by atoms with Gasteiger partial charge >= 0.3 is 5.97 Å². The molecule has 0 heterocycles. The van der Waals surface area contributed by atoms with Crippen LogP contribution in [-0.2, 0) is 16.1 Å². The van der Waals surface area contributed by atoms with Crippen LogP contribution in [0, 0.1) is 0 Å². The number of hydrogen-bond donors (Lipinski definition) is 0. The number of benzene rings is 2. The molecule has 2 aromatic carbocycles. The molecule has 22 heavy (non-hydrogen) atoms. The van der Waals surface area contributed by atoms with Crippen LogP contribution >= 0.6 is 0 Å². The van der Waals surface area contributed by atoms with Crippen LogP contribution in [0.5, 0.6) is 11.5 Å². The lowest BCUT2D eigenvalue weighted by molar-refractivity contribution is -0.134. The molecule has 2 aromatic rings. The molecular formula is C18H18O4. The van der Waals surface area contributed by atoms with Gasteiger partial charge in [-0.2, -0.15) is 0 Å². The van der Waals surface area contributed by atoms with Crippen LogP contribution in [0.1, 0.15) is 11.1 Å². The summed E-state index contributed by atoms with van der Waals surface area (Å²) in [6.07, 6.45) is 3.08. The van der Waals surface area contributed by atoms with E-state index in [4.69, 9.17) is 9.47 Å². The standard InChI is InChI=1S/C18H18O4/c1-20-16-8-5-15(6-9-16)13-22-17-10-3-14(4-11-17)7-12-18(19)21-2/h3-12H,13H2,1-2H3/b12-7+. The van der Waals surface area contributed by atoms with Gasteiger partial charge in [-0.05, 0) is 41.5 Å². The van der Waals surface area contributed by atoms with E-state index in [1.165, 1.54) is 13.2 Å². The molecule has 0 saturated carbocycles. The molecule has 0 N–H and O–H groups in total. The molecule has 0 spiro atoms. The van der Waals surface area contributed by atoms with Gasteiger partial charge in [0, 0.05) is 6.08 Å². The smallest absolute Gasteiger partial charge is 0.330 e. The minimum absolute atomic E-state index is 0.375. The van der Waals surface area contributed by atoms with Crippen LogP contribution in [0.25, 0.3) is 6.08 Å². The van der Waals surface area contributed by atoms with Gasteiger partial charge in [0.1, 0.15) is 18.1 Å². The summed E-state index contributed by atoms with van der Waals surface area (Å²) >= 11 is 0. The van der Waals surface area contributed by atoms with Crippen molar-refractivity contribution in [3.63, 3.8) is 0 Å². The maximum atomic E-state index is 11.0. The molecule has 0 aliphatic heterocycles. The third-order valence-electron chi connectivity index (χ3n) is 3.06. The molecule has 0 atom stereocenters. The minimum atomic E-state index is -0.375. The highest BCUT2D eigenvalue weighted by Gasteiger charge is 1.98. The molecular weight excluding hydrogens is 280 g/mol. The SMILES string of the molecule is COC(=O)/C=C/c1ccc(OCc2ccc(OC)cc2)cc1. The Bertz CT molecular complexity index is 627. The average molecular weight is 298 g/mol. The van der Waals surface area contributed by atoms with E-state index in [1.54, 1.807) is 13.2 Å². The third kappa shape index (κ3) is 4.66. The lowest BCUT2D eigenvalue weighted by Gasteiger charge is -2.07. The van der Waals surface area contributed by atoms with Gasteiger partial charge in [-0.15, -0.1) is 0 Å². The monoisotopic (exact) mass is 298 g/mol. The van der Waals surface area contributed by atoms with E-state index in [2.05, 4.69) is 4.74 Å². The first-order valence-corrected chi connectivity index (χ1v) is 6.83. The summed E-state index contributed by atoms with van der Waals surface area (Å²) in [4.78, 5) is 11.0. The van der Waals surface area contributed by atoms with Crippen molar-refractivity contribution in [2.24, 2.45) is 0 Å². The predicted molar refractivity (Wildman–Crippen MR) is 84.8 cm³/mol. The van der Waals surface area contributed by atoms with E-state index in [1.807, 2.05) is 48.5 Å². The van der Waals surface area contributed by atoms with Crippen LogP contribution in [0.15, 0.2) is 54.6 Å². The molecule has 114 valence electrons. The maximum absolute atomic E-state index is 11.0. The van der Waals surface area contributed by atoms with Crippen LogP contribution in [0.2, 0.25) is 0 Å². The number of carbonyl (C=O) groups excluding carboxylic acids is 1. The summed E-state index contributed by atoms with van der Waals surface area (Å²) in [5.74, 6) is 1.22. The Labute approximate surface area is 129 Å². The fourth-order valence-electron chi connectivity index (χ4n) is 1.80. The molecule has 0 amide bonds. The molecule has 4 nitrogen and oxygen atoms in total. The number of esters is 1. The molecule has 0 bridgehead atoms. The molecule has 2 rings (SSSR count). The van der Waals surface area contributed by atoms with Gasteiger partial charge in [-0.3, -0.25) is 0 Å². The molecule has 4 heteroatoms. The van der Waals surface area contributed by atoms with Crippen molar-refractivity contribution in [2.45, 2.75) is 6.61 Å². The summed E-state index contributed by atoms with van der Waals surface area (Å²) in [5.41, 5.74) is 1.97. The summed E-state index contributed by atoms with van der Waals surface area (Å²) in [6, 6.07) is 15.2. The van der Waals surface area contributed by atoms with Crippen molar-refractivity contribution < 1.29 is 19.0 Å². The van der Waals surface area contributed by atoms with E-state index in [9.17, 15) is 4.79 Å². The Hall–Kier alpha value is -2.75. The summed E-state index contributed by atoms with van der Waals surface area (Å²) in [5, 5.41) is 0. The molecule has 0 aromatic heterocycles. The van der Waals surface area contributed by atoms with Gasteiger partial charge in [0.25, 0.3) is 0 Å². The number of ether oxygens (including phenoxy) is 3. The minimum Gasteiger partial charge on any atom is -0.497 e. The van der Waals surface area contributed by atoms with Gasteiger partial charge in [0.2, 0.25) is 0 Å². The molecule has 0 aliphatic rings. The quantitative estimate of drug-likeness (QED) is 0.605. The molecule has 0 unspecified atom stereocenters. The first-order chi connectivity index (χ1) is 10.7. The second kappa shape index (κ2) is 7.88. The highest BCUT2D eigenvalue weighted by atomic mass is 16.5.